The fourth-order valence-electron chi connectivity index (χ4n) is 2.23. The Morgan fingerprint density at radius 3 is 2.83 bits per heavy atom. The number of hydrogen-bond acceptors (Lipinski definition) is 4. The van der Waals surface area contributed by atoms with Crippen molar-refractivity contribution in [1.82, 2.24) is 0 Å². The summed E-state index contributed by atoms with van der Waals surface area (Å²) in [7, 11) is 0. The first kappa shape index (κ1) is 15.9. The smallest absolute Gasteiger partial charge is 0.363 e. The molecule has 5 heteroatoms. The van der Waals surface area contributed by atoms with Gasteiger partial charge in [0.15, 0.2) is 5.70 Å². The van der Waals surface area contributed by atoms with E-state index in [-0.39, 0.29) is 17.2 Å². The molecule has 0 aliphatic carbocycles. The van der Waals surface area contributed by atoms with Gasteiger partial charge < -0.3 is 9.47 Å². The second-order valence-corrected chi connectivity index (χ2v) is 5.24. The minimum atomic E-state index is -0.604. The molecule has 0 N–H and O–H groups in total. The molecule has 0 radical (unpaired) electrons. The lowest BCUT2D eigenvalue weighted by molar-refractivity contribution is -0.129. The number of esters is 1. The van der Waals surface area contributed by atoms with Gasteiger partial charge in [0.2, 0.25) is 5.90 Å². The van der Waals surface area contributed by atoms with Crippen molar-refractivity contribution in [1.29, 1.82) is 0 Å². The van der Waals surface area contributed by atoms with Crippen molar-refractivity contribution in [3.63, 3.8) is 0 Å². The van der Waals surface area contributed by atoms with E-state index in [1.54, 1.807) is 18.2 Å². The second-order valence-electron chi connectivity index (χ2n) is 5.24. The van der Waals surface area contributed by atoms with Crippen LogP contribution in [0, 0.1) is 5.82 Å². The summed E-state index contributed by atoms with van der Waals surface area (Å²) < 4.78 is 24.4. The van der Waals surface area contributed by atoms with Crippen LogP contribution in [0.2, 0.25) is 0 Å². The van der Waals surface area contributed by atoms with E-state index >= 15 is 0 Å². The number of cyclic esters (lactones) is 1. The van der Waals surface area contributed by atoms with Crippen LogP contribution in [-0.4, -0.2) is 18.5 Å². The maximum Gasteiger partial charge on any atom is 0.363 e. The SMILES string of the molecule is CCCOc1cccc(/C=C2\N=C(c3ccccc3F)OC2=O)c1. The Hall–Kier alpha value is -2.95. The van der Waals surface area contributed by atoms with Gasteiger partial charge in [-0.1, -0.05) is 31.2 Å². The van der Waals surface area contributed by atoms with Crippen molar-refractivity contribution in [2.75, 3.05) is 6.61 Å². The molecule has 0 fully saturated rings. The van der Waals surface area contributed by atoms with E-state index in [0.717, 1.165) is 17.7 Å². The summed E-state index contributed by atoms with van der Waals surface area (Å²) in [5.74, 6) is -0.396. The number of ether oxygens (including phenoxy) is 2. The predicted molar refractivity (Wildman–Crippen MR) is 89.2 cm³/mol. The first-order chi connectivity index (χ1) is 11.7. The van der Waals surface area contributed by atoms with Crippen LogP contribution in [0.4, 0.5) is 4.39 Å². The first-order valence-electron chi connectivity index (χ1n) is 7.67. The first-order valence-corrected chi connectivity index (χ1v) is 7.67. The number of rotatable bonds is 5. The average Bonchev–Trinajstić information content (AvgIpc) is 2.94. The second kappa shape index (κ2) is 7.08. The molecule has 0 saturated heterocycles. The number of benzene rings is 2. The van der Waals surface area contributed by atoms with Gasteiger partial charge in [0.25, 0.3) is 0 Å². The topological polar surface area (TPSA) is 47.9 Å². The van der Waals surface area contributed by atoms with E-state index in [0.29, 0.717) is 6.61 Å². The number of aliphatic imine (C=N–C) groups is 1. The van der Waals surface area contributed by atoms with Gasteiger partial charge in [-0.3, -0.25) is 0 Å². The molecule has 122 valence electrons. The largest absolute Gasteiger partial charge is 0.494 e. The lowest BCUT2D eigenvalue weighted by Gasteiger charge is -2.04. The standard InChI is InChI=1S/C19H16FNO3/c1-2-10-23-14-7-5-6-13(11-14)12-17-19(22)24-18(21-17)15-8-3-4-9-16(15)20/h3-9,11-12H,2,10H2,1H3/b17-12-. The molecule has 3 rings (SSSR count). The molecule has 0 spiro atoms. The fourth-order valence-corrected chi connectivity index (χ4v) is 2.23. The lowest BCUT2D eigenvalue weighted by Crippen LogP contribution is -2.07. The van der Waals surface area contributed by atoms with E-state index in [2.05, 4.69) is 4.99 Å². The van der Waals surface area contributed by atoms with Gasteiger partial charge in [0.05, 0.1) is 12.2 Å². The summed E-state index contributed by atoms with van der Waals surface area (Å²) in [5, 5.41) is 0. The Labute approximate surface area is 139 Å². The maximum absolute atomic E-state index is 13.8. The van der Waals surface area contributed by atoms with E-state index in [9.17, 15) is 9.18 Å². The molecule has 0 atom stereocenters. The van der Waals surface area contributed by atoms with Gasteiger partial charge in [-0.25, -0.2) is 14.2 Å². The van der Waals surface area contributed by atoms with Crippen molar-refractivity contribution in [3.8, 4) is 5.75 Å². The Kier molecular flexibility index (Phi) is 4.70. The van der Waals surface area contributed by atoms with Crippen LogP contribution in [-0.2, 0) is 9.53 Å². The van der Waals surface area contributed by atoms with Gasteiger partial charge in [-0.05, 0) is 42.3 Å². The summed E-state index contributed by atoms with van der Waals surface area (Å²) >= 11 is 0. The molecule has 0 bridgehead atoms. The highest BCUT2D eigenvalue weighted by molar-refractivity contribution is 6.12. The van der Waals surface area contributed by atoms with Crippen molar-refractivity contribution in [2.24, 2.45) is 4.99 Å². The zero-order chi connectivity index (χ0) is 16.9. The summed E-state index contributed by atoms with van der Waals surface area (Å²) in [6, 6.07) is 13.4. The van der Waals surface area contributed by atoms with Gasteiger partial charge in [0, 0.05) is 0 Å². The average molecular weight is 325 g/mol. The van der Waals surface area contributed by atoms with Crippen LogP contribution in [0.25, 0.3) is 6.08 Å². The van der Waals surface area contributed by atoms with Crippen LogP contribution >= 0.6 is 0 Å². The van der Waals surface area contributed by atoms with Gasteiger partial charge in [-0.15, -0.1) is 0 Å². The van der Waals surface area contributed by atoms with Crippen LogP contribution in [0.1, 0.15) is 24.5 Å². The summed E-state index contributed by atoms with van der Waals surface area (Å²) in [6.45, 7) is 2.65. The molecule has 1 aliphatic heterocycles. The number of carbonyl (C=O) groups is 1. The van der Waals surface area contributed by atoms with Crippen molar-refractivity contribution in [2.45, 2.75) is 13.3 Å². The summed E-state index contributed by atoms with van der Waals surface area (Å²) in [4.78, 5) is 16.1. The lowest BCUT2D eigenvalue weighted by atomic mass is 10.2. The Morgan fingerprint density at radius 1 is 1.21 bits per heavy atom. The fraction of sp³-hybridized carbons (Fsp3) is 0.158. The molecule has 0 saturated carbocycles. The number of hydrogen-bond donors (Lipinski definition) is 0. The Morgan fingerprint density at radius 2 is 2.04 bits per heavy atom. The third-order valence-corrected chi connectivity index (χ3v) is 3.36. The van der Waals surface area contributed by atoms with Crippen LogP contribution in [0.5, 0.6) is 5.75 Å². The van der Waals surface area contributed by atoms with Gasteiger partial charge in [-0.2, -0.15) is 0 Å². The molecule has 0 amide bonds. The highest BCUT2D eigenvalue weighted by atomic mass is 19.1. The molecule has 0 aromatic heterocycles. The zero-order valence-corrected chi connectivity index (χ0v) is 13.2. The minimum absolute atomic E-state index is 0.0252. The minimum Gasteiger partial charge on any atom is -0.494 e. The van der Waals surface area contributed by atoms with Gasteiger partial charge >= 0.3 is 5.97 Å². The normalized spacial score (nSPS) is 15.3. The van der Waals surface area contributed by atoms with E-state index in [4.69, 9.17) is 9.47 Å². The van der Waals surface area contributed by atoms with E-state index in [1.165, 1.54) is 12.1 Å². The Balaban J connectivity index is 1.88. The molecule has 1 aliphatic rings. The molecule has 4 nitrogen and oxygen atoms in total. The van der Waals surface area contributed by atoms with Crippen molar-refractivity contribution < 1.29 is 18.7 Å². The van der Waals surface area contributed by atoms with Crippen LogP contribution in [0.3, 0.4) is 0 Å². The maximum atomic E-state index is 13.8. The Bertz CT molecular complexity index is 827. The number of halogens is 1. The van der Waals surface area contributed by atoms with E-state index < -0.39 is 11.8 Å². The summed E-state index contributed by atoms with van der Waals surface area (Å²) in [5.41, 5.74) is 1.05. The van der Waals surface area contributed by atoms with Crippen LogP contribution < -0.4 is 4.74 Å². The molecule has 24 heavy (non-hydrogen) atoms. The van der Waals surface area contributed by atoms with Gasteiger partial charge in [0.1, 0.15) is 11.6 Å². The zero-order valence-electron chi connectivity index (χ0n) is 13.2. The molecule has 2 aromatic rings. The molecular weight excluding hydrogens is 309 g/mol. The van der Waals surface area contributed by atoms with E-state index in [1.807, 2.05) is 31.2 Å². The monoisotopic (exact) mass is 325 g/mol. The molecule has 2 aromatic carbocycles. The number of carbonyl (C=O) groups excluding carboxylic acids is 1. The third kappa shape index (κ3) is 3.51. The molecule has 1 heterocycles. The molecule has 0 unspecified atom stereocenters. The highest BCUT2D eigenvalue weighted by Gasteiger charge is 2.25. The van der Waals surface area contributed by atoms with Crippen LogP contribution in [0.15, 0.2) is 59.2 Å². The third-order valence-electron chi connectivity index (χ3n) is 3.36. The highest BCUT2D eigenvalue weighted by Crippen LogP contribution is 2.22. The number of nitrogens with zero attached hydrogens (tertiary/aromatic N) is 1. The predicted octanol–water partition coefficient (Wildman–Crippen LogP) is 3.96. The van der Waals surface area contributed by atoms with Crippen molar-refractivity contribution in [3.05, 3.63) is 71.2 Å². The quantitative estimate of drug-likeness (QED) is 0.617. The summed E-state index contributed by atoms with van der Waals surface area (Å²) in [6.07, 6.45) is 2.50. The van der Waals surface area contributed by atoms with Crippen molar-refractivity contribution >= 4 is 17.9 Å². The molecular formula is C19H16FNO3.